The summed E-state index contributed by atoms with van der Waals surface area (Å²) in [6.07, 6.45) is 3.19. The lowest BCUT2D eigenvalue weighted by molar-refractivity contribution is 0.262. The van der Waals surface area contributed by atoms with Crippen molar-refractivity contribution in [3.63, 3.8) is 0 Å². The van der Waals surface area contributed by atoms with Crippen LogP contribution in [0.15, 0.2) is 79.1 Å². The molecule has 0 saturated carbocycles. The van der Waals surface area contributed by atoms with Crippen molar-refractivity contribution in [1.82, 2.24) is 9.78 Å². The van der Waals surface area contributed by atoms with E-state index in [4.69, 9.17) is 0 Å². The fraction of sp³-hybridized carbons (Fsp3) is 0.0476. The van der Waals surface area contributed by atoms with Gasteiger partial charge in [0, 0.05) is 17.1 Å². The van der Waals surface area contributed by atoms with Crippen LogP contribution < -0.4 is 10.6 Å². The van der Waals surface area contributed by atoms with Crippen LogP contribution in [0.1, 0.15) is 5.56 Å². The molecule has 1 heterocycles. The largest absolute Gasteiger partial charge is 0.323 e. The lowest BCUT2D eigenvalue weighted by Gasteiger charge is -2.09. The Morgan fingerprint density at radius 2 is 1.74 bits per heavy atom. The second-order valence-corrected chi connectivity index (χ2v) is 6.12. The predicted molar refractivity (Wildman–Crippen MR) is 104 cm³/mol. The van der Waals surface area contributed by atoms with E-state index in [0.717, 1.165) is 16.5 Å². The molecule has 134 valence electrons. The standard InChI is InChI=1S/C21H17FN4O/c22-19-10-4-2-7-16(19)13-26-14-17(12-23-26)24-21(27)25-20-11-5-8-15-6-1-3-9-18(15)20/h1-12,14H,13H2,(H2,24,25,27). The molecule has 0 saturated heterocycles. The van der Waals surface area contributed by atoms with Crippen molar-refractivity contribution in [2.24, 2.45) is 0 Å². The molecule has 6 heteroatoms. The van der Waals surface area contributed by atoms with Gasteiger partial charge in [-0.25, -0.2) is 9.18 Å². The van der Waals surface area contributed by atoms with Gasteiger partial charge in [0.25, 0.3) is 0 Å². The third-order valence-electron chi connectivity index (χ3n) is 4.22. The summed E-state index contributed by atoms with van der Waals surface area (Å²) in [5.41, 5.74) is 1.79. The van der Waals surface area contributed by atoms with Gasteiger partial charge in [0.15, 0.2) is 0 Å². The Labute approximate surface area is 155 Å². The van der Waals surface area contributed by atoms with Crippen LogP contribution in [0.2, 0.25) is 0 Å². The van der Waals surface area contributed by atoms with Crippen molar-refractivity contribution < 1.29 is 9.18 Å². The number of hydrogen-bond acceptors (Lipinski definition) is 2. The first-order chi connectivity index (χ1) is 13.2. The molecule has 0 aliphatic rings. The number of halogens is 1. The molecule has 2 N–H and O–H groups in total. The van der Waals surface area contributed by atoms with Gasteiger partial charge in [0.05, 0.1) is 24.1 Å². The van der Waals surface area contributed by atoms with Crippen molar-refractivity contribution in [2.45, 2.75) is 6.54 Å². The van der Waals surface area contributed by atoms with E-state index in [0.29, 0.717) is 17.8 Å². The van der Waals surface area contributed by atoms with Gasteiger partial charge >= 0.3 is 6.03 Å². The van der Waals surface area contributed by atoms with E-state index >= 15 is 0 Å². The minimum absolute atomic E-state index is 0.281. The minimum atomic E-state index is -0.364. The Kier molecular flexibility index (Phi) is 4.53. The van der Waals surface area contributed by atoms with E-state index in [2.05, 4.69) is 15.7 Å². The maximum atomic E-state index is 13.7. The molecule has 0 fully saturated rings. The van der Waals surface area contributed by atoms with E-state index in [1.165, 1.54) is 12.3 Å². The summed E-state index contributed by atoms with van der Waals surface area (Å²) in [6.45, 7) is 0.291. The molecule has 0 aliphatic heterocycles. The summed E-state index contributed by atoms with van der Waals surface area (Å²) < 4.78 is 15.3. The Bertz CT molecular complexity index is 1100. The number of amides is 2. The summed E-state index contributed by atoms with van der Waals surface area (Å²) in [4.78, 5) is 12.3. The van der Waals surface area contributed by atoms with Crippen molar-refractivity contribution >= 4 is 28.2 Å². The SMILES string of the molecule is O=C(Nc1cnn(Cc2ccccc2F)c1)Nc1cccc2ccccc12. The molecule has 5 nitrogen and oxygen atoms in total. The Morgan fingerprint density at radius 3 is 2.63 bits per heavy atom. The molecule has 1 aromatic heterocycles. The number of aromatic nitrogens is 2. The molecule has 4 rings (SSSR count). The lowest BCUT2D eigenvalue weighted by Crippen LogP contribution is -2.19. The molecule has 0 spiro atoms. The van der Waals surface area contributed by atoms with Crippen molar-refractivity contribution in [2.75, 3.05) is 10.6 Å². The summed E-state index contributed by atoms with van der Waals surface area (Å²) in [6, 6.07) is 19.7. The van der Waals surface area contributed by atoms with Crippen LogP contribution in [0.25, 0.3) is 10.8 Å². The van der Waals surface area contributed by atoms with Crippen molar-refractivity contribution in [1.29, 1.82) is 0 Å². The van der Waals surface area contributed by atoms with Gasteiger partial charge in [-0.1, -0.05) is 54.6 Å². The number of carbonyl (C=O) groups excluding carboxylic acids is 1. The van der Waals surface area contributed by atoms with Crippen molar-refractivity contribution in [3.8, 4) is 0 Å². The maximum absolute atomic E-state index is 13.7. The minimum Gasteiger partial charge on any atom is -0.307 e. The summed E-state index contributed by atoms with van der Waals surface area (Å²) in [5.74, 6) is -0.281. The summed E-state index contributed by atoms with van der Waals surface area (Å²) in [7, 11) is 0. The molecule has 4 aromatic rings. The van der Waals surface area contributed by atoms with E-state index in [-0.39, 0.29) is 11.8 Å². The first kappa shape index (κ1) is 16.8. The van der Waals surface area contributed by atoms with E-state index in [9.17, 15) is 9.18 Å². The monoisotopic (exact) mass is 360 g/mol. The molecule has 0 bridgehead atoms. The molecular formula is C21H17FN4O. The first-order valence-corrected chi connectivity index (χ1v) is 8.51. The van der Waals surface area contributed by atoms with Crippen LogP contribution in [-0.4, -0.2) is 15.8 Å². The van der Waals surface area contributed by atoms with Gasteiger partial charge in [-0.2, -0.15) is 5.10 Å². The molecule has 0 radical (unpaired) electrons. The number of rotatable bonds is 4. The topological polar surface area (TPSA) is 59.0 Å². The zero-order valence-electron chi connectivity index (χ0n) is 14.4. The average Bonchev–Trinajstić information content (AvgIpc) is 3.11. The Morgan fingerprint density at radius 1 is 0.963 bits per heavy atom. The van der Waals surface area contributed by atoms with Crippen LogP contribution in [0, 0.1) is 5.82 Å². The smallest absolute Gasteiger partial charge is 0.307 e. The molecule has 0 unspecified atom stereocenters. The highest BCUT2D eigenvalue weighted by molar-refractivity contribution is 6.06. The zero-order chi connectivity index (χ0) is 18.6. The number of hydrogen-bond donors (Lipinski definition) is 2. The number of anilines is 2. The summed E-state index contributed by atoms with van der Waals surface area (Å²) in [5, 5.41) is 11.8. The van der Waals surface area contributed by atoms with Crippen molar-refractivity contribution in [3.05, 3.63) is 90.5 Å². The molecule has 2 amide bonds. The Hall–Kier alpha value is -3.67. The lowest BCUT2D eigenvalue weighted by atomic mass is 10.1. The first-order valence-electron chi connectivity index (χ1n) is 8.51. The highest BCUT2D eigenvalue weighted by Gasteiger charge is 2.08. The number of nitrogens with zero attached hydrogens (tertiary/aromatic N) is 2. The van der Waals surface area contributed by atoms with E-state index < -0.39 is 0 Å². The van der Waals surface area contributed by atoms with Gasteiger partial charge in [-0.3, -0.25) is 4.68 Å². The summed E-state index contributed by atoms with van der Waals surface area (Å²) >= 11 is 0. The van der Waals surface area contributed by atoms with Gasteiger partial charge in [0.1, 0.15) is 5.82 Å². The normalized spacial score (nSPS) is 10.7. The molecule has 3 aromatic carbocycles. The van der Waals surface area contributed by atoms with Crippen LogP contribution in [0.5, 0.6) is 0 Å². The van der Waals surface area contributed by atoms with Crippen LogP contribution in [0.3, 0.4) is 0 Å². The molecular weight excluding hydrogens is 343 g/mol. The fourth-order valence-corrected chi connectivity index (χ4v) is 2.93. The molecule has 0 aliphatic carbocycles. The second-order valence-electron chi connectivity index (χ2n) is 6.12. The molecule has 27 heavy (non-hydrogen) atoms. The Balaban J connectivity index is 1.44. The van der Waals surface area contributed by atoms with Gasteiger partial charge in [-0.15, -0.1) is 0 Å². The number of fused-ring (bicyclic) bond motifs is 1. The van der Waals surface area contributed by atoms with Gasteiger partial charge in [0.2, 0.25) is 0 Å². The number of urea groups is 1. The van der Waals surface area contributed by atoms with E-state index in [1.807, 2.05) is 42.5 Å². The average molecular weight is 360 g/mol. The number of carbonyl (C=O) groups is 1. The third-order valence-corrected chi connectivity index (χ3v) is 4.22. The fourth-order valence-electron chi connectivity index (χ4n) is 2.93. The van der Waals surface area contributed by atoms with Gasteiger partial charge in [-0.05, 0) is 17.5 Å². The number of benzene rings is 3. The maximum Gasteiger partial charge on any atom is 0.323 e. The van der Waals surface area contributed by atoms with Crippen LogP contribution in [0.4, 0.5) is 20.6 Å². The second kappa shape index (κ2) is 7.29. The highest BCUT2D eigenvalue weighted by Crippen LogP contribution is 2.23. The van der Waals surface area contributed by atoms with Crippen LogP contribution >= 0.6 is 0 Å². The zero-order valence-corrected chi connectivity index (χ0v) is 14.4. The molecule has 0 atom stereocenters. The third kappa shape index (κ3) is 3.79. The predicted octanol–water partition coefficient (Wildman–Crippen LogP) is 4.87. The van der Waals surface area contributed by atoms with Gasteiger partial charge < -0.3 is 10.6 Å². The number of nitrogens with one attached hydrogen (secondary N) is 2. The highest BCUT2D eigenvalue weighted by atomic mass is 19.1. The van der Waals surface area contributed by atoms with Crippen LogP contribution in [-0.2, 0) is 6.54 Å². The quantitative estimate of drug-likeness (QED) is 0.546. The van der Waals surface area contributed by atoms with E-state index in [1.54, 1.807) is 29.1 Å².